The van der Waals surface area contributed by atoms with Gasteiger partial charge in [0, 0.05) is 5.38 Å². The third kappa shape index (κ3) is 3.88. The zero-order valence-electron chi connectivity index (χ0n) is 12.3. The number of carbonyl (C=O) groups is 1. The summed E-state index contributed by atoms with van der Waals surface area (Å²) in [4.78, 5) is 17.4. The molecule has 1 amide bonds. The summed E-state index contributed by atoms with van der Waals surface area (Å²) in [7, 11) is 1.56. The Bertz CT molecular complexity index is 784. The van der Waals surface area contributed by atoms with Crippen molar-refractivity contribution in [3.8, 4) is 22.1 Å². The Balaban J connectivity index is 1.57. The van der Waals surface area contributed by atoms with Crippen LogP contribution in [0.3, 0.4) is 0 Å². The number of thiophene rings is 1. The number of benzene rings is 1. The quantitative estimate of drug-likeness (QED) is 0.735. The molecule has 0 fully saturated rings. The van der Waals surface area contributed by atoms with Crippen molar-refractivity contribution >= 4 is 33.7 Å². The fourth-order valence-electron chi connectivity index (χ4n) is 1.91. The maximum Gasteiger partial charge on any atom is 0.264 e. The number of carbonyl (C=O) groups excluding carboxylic acids is 1. The second-order valence-corrected chi connectivity index (χ2v) is 6.31. The number of hydrogen-bond donors (Lipinski definition) is 1. The van der Waals surface area contributed by atoms with Crippen molar-refractivity contribution in [2.75, 3.05) is 19.0 Å². The maximum atomic E-state index is 12.0. The second kappa shape index (κ2) is 7.26. The van der Waals surface area contributed by atoms with Crippen LogP contribution in [-0.2, 0) is 4.79 Å². The number of rotatable bonds is 6. The van der Waals surface area contributed by atoms with Crippen LogP contribution in [0.5, 0.6) is 11.5 Å². The van der Waals surface area contributed by atoms with Gasteiger partial charge in [-0.15, -0.1) is 22.7 Å². The largest absolute Gasteiger partial charge is 0.493 e. The smallest absolute Gasteiger partial charge is 0.264 e. The topological polar surface area (TPSA) is 60.5 Å². The minimum Gasteiger partial charge on any atom is -0.493 e. The van der Waals surface area contributed by atoms with Gasteiger partial charge in [0.15, 0.2) is 23.2 Å². The third-order valence-corrected chi connectivity index (χ3v) is 4.60. The Kier molecular flexibility index (Phi) is 4.89. The summed E-state index contributed by atoms with van der Waals surface area (Å²) in [5, 5.41) is 7.21. The van der Waals surface area contributed by atoms with Crippen LogP contribution in [0.1, 0.15) is 0 Å². The highest BCUT2D eigenvalue weighted by molar-refractivity contribution is 7.16. The van der Waals surface area contributed by atoms with Crippen LogP contribution in [0.4, 0.5) is 5.13 Å². The highest BCUT2D eigenvalue weighted by Gasteiger charge is 2.10. The molecule has 5 nitrogen and oxygen atoms in total. The Morgan fingerprint density at radius 3 is 2.74 bits per heavy atom. The van der Waals surface area contributed by atoms with E-state index in [1.165, 1.54) is 11.3 Å². The van der Waals surface area contributed by atoms with Crippen molar-refractivity contribution in [1.29, 1.82) is 0 Å². The molecule has 118 valence electrons. The molecule has 0 saturated heterocycles. The average molecular weight is 346 g/mol. The molecule has 3 rings (SSSR count). The number of aromatic nitrogens is 1. The van der Waals surface area contributed by atoms with E-state index in [0.29, 0.717) is 16.6 Å². The SMILES string of the molecule is COc1ccccc1OCC(=O)Nc1nc(-c2cccs2)cs1. The number of methoxy groups -OCH3 is 1. The molecule has 0 saturated carbocycles. The minimum atomic E-state index is -0.261. The van der Waals surface area contributed by atoms with Crippen LogP contribution in [0.15, 0.2) is 47.2 Å². The molecule has 0 spiro atoms. The lowest BCUT2D eigenvalue weighted by molar-refractivity contribution is -0.118. The van der Waals surface area contributed by atoms with Gasteiger partial charge in [-0.2, -0.15) is 0 Å². The van der Waals surface area contributed by atoms with Crippen LogP contribution in [-0.4, -0.2) is 24.6 Å². The van der Waals surface area contributed by atoms with Gasteiger partial charge in [0.2, 0.25) is 0 Å². The number of amides is 1. The van der Waals surface area contributed by atoms with Crippen molar-refractivity contribution in [1.82, 2.24) is 4.98 Å². The highest BCUT2D eigenvalue weighted by Crippen LogP contribution is 2.28. The minimum absolute atomic E-state index is 0.103. The van der Waals surface area contributed by atoms with E-state index in [4.69, 9.17) is 9.47 Å². The van der Waals surface area contributed by atoms with Crippen molar-refractivity contribution in [2.45, 2.75) is 0 Å². The van der Waals surface area contributed by atoms with E-state index in [9.17, 15) is 4.79 Å². The predicted molar refractivity (Wildman–Crippen MR) is 92.5 cm³/mol. The van der Waals surface area contributed by atoms with Crippen LogP contribution < -0.4 is 14.8 Å². The van der Waals surface area contributed by atoms with Gasteiger partial charge in [0.1, 0.15) is 0 Å². The number of para-hydroxylation sites is 2. The van der Waals surface area contributed by atoms with Crippen molar-refractivity contribution < 1.29 is 14.3 Å². The van der Waals surface area contributed by atoms with E-state index in [1.807, 2.05) is 35.0 Å². The van der Waals surface area contributed by atoms with Gasteiger partial charge in [-0.3, -0.25) is 10.1 Å². The summed E-state index contributed by atoms with van der Waals surface area (Å²) >= 11 is 3.00. The van der Waals surface area contributed by atoms with Gasteiger partial charge in [0.05, 0.1) is 17.7 Å². The zero-order chi connectivity index (χ0) is 16.1. The summed E-state index contributed by atoms with van der Waals surface area (Å²) in [6, 6.07) is 11.2. The molecule has 2 heterocycles. The molecule has 23 heavy (non-hydrogen) atoms. The van der Waals surface area contributed by atoms with E-state index in [0.717, 1.165) is 10.6 Å². The molecule has 0 radical (unpaired) electrons. The van der Waals surface area contributed by atoms with Gasteiger partial charge in [-0.25, -0.2) is 4.98 Å². The molecule has 3 aromatic rings. The molecule has 0 unspecified atom stereocenters. The summed E-state index contributed by atoms with van der Waals surface area (Å²) < 4.78 is 10.7. The lowest BCUT2D eigenvalue weighted by Crippen LogP contribution is -2.20. The van der Waals surface area contributed by atoms with Gasteiger partial charge in [-0.05, 0) is 23.6 Å². The van der Waals surface area contributed by atoms with Crippen molar-refractivity contribution in [2.24, 2.45) is 0 Å². The molecule has 0 aliphatic rings. The van der Waals surface area contributed by atoms with Crippen LogP contribution >= 0.6 is 22.7 Å². The predicted octanol–water partition coefficient (Wildman–Crippen LogP) is 3.90. The van der Waals surface area contributed by atoms with Crippen molar-refractivity contribution in [3.63, 3.8) is 0 Å². The fraction of sp³-hybridized carbons (Fsp3) is 0.125. The summed E-state index contributed by atoms with van der Waals surface area (Å²) in [6.07, 6.45) is 0. The maximum absolute atomic E-state index is 12.0. The molecule has 7 heteroatoms. The lowest BCUT2D eigenvalue weighted by atomic mass is 10.3. The van der Waals surface area contributed by atoms with Gasteiger partial charge >= 0.3 is 0 Å². The monoisotopic (exact) mass is 346 g/mol. The standard InChI is InChI=1S/C16H14N2O3S2/c1-20-12-5-2-3-6-13(12)21-9-15(19)18-16-17-11(10-23-16)14-7-4-8-22-14/h2-8,10H,9H2,1H3,(H,17,18,19). The first-order valence-electron chi connectivity index (χ1n) is 6.81. The molecule has 0 aliphatic carbocycles. The average Bonchev–Trinajstić information content (AvgIpc) is 3.24. The molecule has 1 N–H and O–H groups in total. The lowest BCUT2D eigenvalue weighted by Gasteiger charge is -2.09. The van der Waals surface area contributed by atoms with E-state index < -0.39 is 0 Å². The van der Waals surface area contributed by atoms with E-state index in [1.54, 1.807) is 30.6 Å². The van der Waals surface area contributed by atoms with E-state index in [-0.39, 0.29) is 12.5 Å². The number of nitrogens with one attached hydrogen (secondary N) is 1. The number of anilines is 1. The zero-order valence-corrected chi connectivity index (χ0v) is 13.9. The summed E-state index contributed by atoms with van der Waals surface area (Å²) in [6.45, 7) is -0.103. The Morgan fingerprint density at radius 1 is 1.17 bits per heavy atom. The van der Waals surface area contributed by atoms with Crippen LogP contribution in [0, 0.1) is 0 Å². The molecule has 2 aromatic heterocycles. The number of ether oxygens (including phenoxy) is 2. The Hall–Kier alpha value is -2.38. The van der Waals surface area contributed by atoms with E-state index >= 15 is 0 Å². The molecular weight excluding hydrogens is 332 g/mol. The van der Waals surface area contributed by atoms with Crippen LogP contribution in [0.25, 0.3) is 10.6 Å². The number of thiazole rings is 1. The third-order valence-electron chi connectivity index (χ3n) is 2.95. The number of hydrogen-bond acceptors (Lipinski definition) is 6. The first-order valence-corrected chi connectivity index (χ1v) is 8.57. The molecular formula is C16H14N2O3S2. The normalized spacial score (nSPS) is 10.3. The Labute approximate surface area is 141 Å². The molecule has 0 aliphatic heterocycles. The highest BCUT2D eigenvalue weighted by atomic mass is 32.1. The van der Waals surface area contributed by atoms with Crippen LogP contribution in [0.2, 0.25) is 0 Å². The molecule has 0 bridgehead atoms. The summed E-state index contributed by atoms with van der Waals surface area (Å²) in [5.74, 6) is 0.862. The van der Waals surface area contributed by atoms with Gasteiger partial charge in [0.25, 0.3) is 5.91 Å². The summed E-state index contributed by atoms with van der Waals surface area (Å²) in [5.41, 5.74) is 0.867. The Morgan fingerprint density at radius 2 is 2.00 bits per heavy atom. The first kappa shape index (κ1) is 15.5. The van der Waals surface area contributed by atoms with Crippen molar-refractivity contribution in [3.05, 3.63) is 47.2 Å². The first-order chi connectivity index (χ1) is 11.3. The fourth-order valence-corrected chi connectivity index (χ4v) is 3.39. The van der Waals surface area contributed by atoms with Gasteiger partial charge in [-0.1, -0.05) is 18.2 Å². The van der Waals surface area contributed by atoms with E-state index in [2.05, 4.69) is 10.3 Å². The van der Waals surface area contributed by atoms with Gasteiger partial charge < -0.3 is 9.47 Å². The number of nitrogens with zero attached hydrogens (tertiary/aromatic N) is 1. The molecule has 0 atom stereocenters. The molecule has 1 aromatic carbocycles. The second-order valence-electron chi connectivity index (χ2n) is 4.50.